The fourth-order valence-electron chi connectivity index (χ4n) is 8.41. The van der Waals surface area contributed by atoms with Gasteiger partial charge >= 0.3 is 0 Å². The van der Waals surface area contributed by atoms with Crippen molar-refractivity contribution in [2.45, 2.75) is 6.54 Å². The van der Waals surface area contributed by atoms with E-state index in [1.807, 2.05) is 22.7 Å². The molecule has 0 bridgehead atoms. The van der Waals surface area contributed by atoms with Gasteiger partial charge < -0.3 is 4.90 Å². The largest absolute Gasteiger partial charge is 0.337 e. The second-order valence-electron chi connectivity index (χ2n) is 14.5. The zero-order valence-corrected chi connectivity index (χ0v) is 32.2. The van der Waals surface area contributed by atoms with Crippen molar-refractivity contribution in [3.8, 4) is 33.4 Å². The average Bonchev–Trinajstić information content (AvgIpc) is 3.84. The van der Waals surface area contributed by atoms with Crippen LogP contribution in [0.25, 0.3) is 84.5 Å². The third-order valence-electron chi connectivity index (χ3n) is 11.1. The van der Waals surface area contributed by atoms with E-state index in [4.69, 9.17) is 0 Å². The molecule has 0 aliphatic rings. The lowest BCUT2D eigenvalue weighted by Gasteiger charge is -2.28. The van der Waals surface area contributed by atoms with Gasteiger partial charge in [0.1, 0.15) is 0 Å². The van der Waals surface area contributed by atoms with Gasteiger partial charge in [0, 0.05) is 58.3 Å². The Morgan fingerprint density at radius 2 is 0.911 bits per heavy atom. The molecule has 56 heavy (non-hydrogen) atoms. The molecule has 0 N–H and O–H groups in total. The van der Waals surface area contributed by atoms with Crippen molar-refractivity contribution in [3.05, 3.63) is 206 Å². The number of anilines is 2. The van der Waals surface area contributed by atoms with E-state index < -0.39 is 0 Å². The molecule has 0 amide bonds. The van der Waals surface area contributed by atoms with E-state index in [2.05, 4.69) is 205 Å². The average molecular weight is 750 g/mol. The van der Waals surface area contributed by atoms with Crippen LogP contribution in [-0.2, 0) is 6.54 Å². The Balaban J connectivity index is 1.06. The minimum Gasteiger partial charge on any atom is -0.337 e. The van der Waals surface area contributed by atoms with E-state index in [0.29, 0.717) is 6.54 Å². The SMILES string of the molecule is c1cc(-c2ccc3ccccc3c2)cc(N(Cc2ccccc2-c2ccc3sc4ccccc4c3c2)c2cccc(-c3cccc4sc5ccccc5c34)c2)c1. The predicted molar refractivity (Wildman–Crippen MR) is 245 cm³/mol. The quantitative estimate of drug-likeness (QED) is 0.157. The van der Waals surface area contributed by atoms with Crippen molar-refractivity contribution >= 4 is 85.2 Å². The van der Waals surface area contributed by atoms with E-state index in [1.165, 1.54) is 90.1 Å². The van der Waals surface area contributed by atoms with Crippen LogP contribution in [0.1, 0.15) is 5.56 Å². The van der Waals surface area contributed by atoms with Crippen molar-refractivity contribution in [1.82, 2.24) is 0 Å². The number of hydrogen-bond donors (Lipinski definition) is 0. The number of thiophene rings is 2. The lowest BCUT2D eigenvalue weighted by atomic mass is 9.96. The minimum atomic E-state index is 0.703. The maximum absolute atomic E-state index is 2.50. The third-order valence-corrected chi connectivity index (χ3v) is 13.4. The number of fused-ring (bicyclic) bond motifs is 7. The van der Waals surface area contributed by atoms with E-state index in [0.717, 1.165) is 11.4 Å². The van der Waals surface area contributed by atoms with Crippen molar-refractivity contribution in [2.24, 2.45) is 0 Å². The van der Waals surface area contributed by atoms with Crippen molar-refractivity contribution in [2.75, 3.05) is 4.90 Å². The van der Waals surface area contributed by atoms with E-state index in [1.54, 1.807) is 0 Å². The topological polar surface area (TPSA) is 3.24 Å². The van der Waals surface area contributed by atoms with Gasteiger partial charge in [-0.3, -0.25) is 0 Å². The summed E-state index contributed by atoms with van der Waals surface area (Å²) in [4.78, 5) is 2.50. The molecule has 9 aromatic carbocycles. The van der Waals surface area contributed by atoms with E-state index in [9.17, 15) is 0 Å². The highest BCUT2D eigenvalue weighted by atomic mass is 32.1. The number of hydrogen-bond acceptors (Lipinski definition) is 3. The number of benzene rings is 9. The van der Waals surface area contributed by atoms with E-state index in [-0.39, 0.29) is 0 Å². The van der Waals surface area contributed by atoms with Gasteiger partial charge in [0.25, 0.3) is 0 Å². The molecule has 0 aliphatic heterocycles. The first kappa shape index (κ1) is 32.9. The van der Waals surface area contributed by atoms with Gasteiger partial charge in [0.05, 0.1) is 0 Å². The first-order chi connectivity index (χ1) is 27.7. The molecule has 2 heterocycles. The molecule has 0 atom stereocenters. The molecule has 0 spiro atoms. The van der Waals surface area contributed by atoms with Gasteiger partial charge in [-0.15, -0.1) is 22.7 Å². The van der Waals surface area contributed by atoms with Crippen LogP contribution < -0.4 is 4.90 Å². The van der Waals surface area contributed by atoms with Crippen molar-refractivity contribution < 1.29 is 0 Å². The predicted octanol–water partition coefficient (Wildman–Crippen LogP) is 15.9. The Morgan fingerprint density at radius 3 is 1.79 bits per heavy atom. The summed E-state index contributed by atoms with van der Waals surface area (Å²) in [5.74, 6) is 0. The highest BCUT2D eigenvalue weighted by molar-refractivity contribution is 7.26. The van der Waals surface area contributed by atoms with Gasteiger partial charge in [-0.1, -0.05) is 140 Å². The second kappa shape index (κ2) is 13.6. The smallest absolute Gasteiger partial charge is 0.0487 e. The van der Waals surface area contributed by atoms with Crippen LogP contribution >= 0.6 is 22.7 Å². The molecule has 0 saturated heterocycles. The molecule has 0 saturated carbocycles. The first-order valence-corrected chi connectivity index (χ1v) is 20.7. The summed E-state index contributed by atoms with van der Waals surface area (Å²) in [6, 6.07) is 73.8. The molecule has 3 heteroatoms. The van der Waals surface area contributed by atoms with Crippen LogP contribution in [0.3, 0.4) is 0 Å². The third kappa shape index (κ3) is 5.76. The molecule has 0 fully saturated rings. The molecule has 0 radical (unpaired) electrons. The Kier molecular flexibility index (Phi) is 8.01. The van der Waals surface area contributed by atoms with Gasteiger partial charge in [0.2, 0.25) is 0 Å². The minimum absolute atomic E-state index is 0.703. The lowest BCUT2D eigenvalue weighted by Crippen LogP contribution is -2.17. The zero-order valence-electron chi connectivity index (χ0n) is 30.5. The summed E-state index contributed by atoms with van der Waals surface area (Å²) in [7, 11) is 0. The molecule has 11 aromatic rings. The number of nitrogens with zero attached hydrogens (tertiary/aromatic N) is 1. The summed E-state index contributed by atoms with van der Waals surface area (Å²) >= 11 is 3.74. The fourth-order valence-corrected chi connectivity index (χ4v) is 10.6. The Morgan fingerprint density at radius 1 is 0.339 bits per heavy atom. The molecule has 0 aliphatic carbocycles. The summed E-state index contributed by atoms with van der Waals surface area (Å²) < 4.78 is 5.29. The van der Waals surface area contributed by atoms with Crippen molar-refractivity contribution in [1.29, 1.82) is 0 Å². The monoisotopic (exact) mass is 749 g/mol. The maximum atomic E-state index is 2.50. The molecular formula is C53H35NS2. The molecule has 1 nitrogen and oxygen atoms in total. The zero-order chi connectivity index (χ0) is 37.0. The lowest BCUT2D eigenvalue weighted by molar-refractivity contribution is 0.978. The summed E-state index contributed by atoms with van der Waals surface area (Å²) in [6.45, 7) is 0.703. The standard InChI is InChI=1S/C53H35NS2/c1-2-13-36-30-38(27-26-35(36)12-1)37-15-9-17-42(31-37)54(43-18-10-16-39(32-43)45-22-11-25-52-53(45)47-21-6-8-24-50(47)56-52)34-41-14-3-4-19-44(41)40-28-29-51-48(33-40)46-20-5-7-23-49(46)55-51/h1-33H,34H2. The van der Waals surface area contributed by atoms with Crippen molar-refractivity contribution in [3.63, 3.8) is 0 Å². The van der Waals surface area contributed by atoms with Crippen LogP contribution in [0.4, 0.5) is 11.4 Å². The second-order valence-corrected chi connectivity index (χ2v) is 16.7. The first-order valence-electron chi connectivity index (χ1n) is 19.1. The fraction of sp³-hybridized carbons (Fsp3) is 0.0189. The van der Waals surface area contributed by atoms with Crippen LogP contribution in [0.5, 0.6) is 0 Å². The van der Waals surface area contributed by atoms with Gasteiger partial charge in [-0.05, 0) is 110 Å². The molecule has 2 aromatic heterocycles. The Bertz CT molecular complexity index is 3260. The van der Waals surface area contributed by atoms with Gasteiger partial charge in [-0.25, -0.2) is 0 Å². The highest BCUT2D eigenvalue weighted by Gasteiger charge is 2.18. The normalized spacial score (nSPS) is 11.6. The van der Waals surface area contributed by atoms with Crippen LogP contribution in [0, 0.1) is 0 Å². The Labute approximate surface area is 334 Å². The molecule has 264 valence electrons. The van der Waals surface area contributed by atoms with E-state index >= 15 is 0 Å². The van der Waals surface area contributed by atoms with Crippen LogP contribution in [-0.4, -0.2) is 0 Å². The van der Waals surface area contributed by atoms with Gasteiger partial charge in [-0.2, -0.15) is 0 Å². The Hall–Kier alpha value is -6.52. The summed E-state index contributed by atoms with van der Waals surface area (Å²) in [5, 5.41) is 7.79. The highest BCUT2D eigenvalue weighted by Crippen LogP contribution is 2.43. The molecular weight excluding hydrogens is 715 g/mol. The van der Waals surface area contributed by atoms with Crippen LogP contribution in [0.2, 0.25) is 0 Å². The maximum Gasteiger partial charge on any atom is 0.0487 e. The van der Waals surface area contributed by atoms with Gasteiger partial charge in [0.15, 0.2) is 0 Å². The summed E-state index contributed by atoms with van der Waals surface area (Å²) in [5.41, 5.74) is 11.0. The van der Waals surface area contributed by atoms with Crippen LogP contribution in [0.15, 0.2) is 200 Å². The molecule has 11 rings (SSSR count). The summed E-state index contributed by atoms with van der Waals surface area (Å²) in [6.07, 6.45) is 0. The number of rotatable bonds is 7. The molecule has 0 unspecified atom stereocenters.